The highest BCUT2D eigenvalue weighted by atomic mass is 16.1. The van der Waals surface area contributed by atoms with E-state index < -0.39 is 0 Å². The van der Waals surface area contributed by atoms with Gasteiger partial charge in [-0.3, -0.25) is 14.5 Å². The van der Waals surface area contributed by atoms with Gasteiger partial charge < -0.3 is 4.57 Å². The maximum Gasteiger partial charge on any atom is 0.280 e. The minimum atomic E-state index is -0.230. The first kappa shape index (κ1) is 23.1. The van der Waals surface area contributed by atoms with E-state index in [0.717, 1.165) is 53.6 Å². The minimum Gasteiger partial charge on any atom is -0.302 e. The molecule has 7 atom stereocenters. The van der Waals surface area contributed by atoms with Crippen LogP contribution in [0.2, 0.25) is 0 Å². The smallest absolute Gasteiger partial charge is 0.280 e. The molecule has 3 saturated carbocycles. The van der Waals surface area contributed by atoms with Gasteiger partial charge in [0.25, 0.3) is 5.56 Å². The lowest BCUT2D eigenvalue weighted by molar-refractivity contribution is -0.0585. The molecule has 0 N–H and O–H groups in total. The Bertz CT molecular complexity index is 1190. The van der Waals surface area contributed by atoms with E-state index in [1.807, 2.05) is 28.8 Å². The number of rotatable bonds is 4. The molecule has 192 valence electrons. The fourth-order valence-corrected chi connectivity index (χ4v) is 9.35. The molecule has 1 aromatic carbocycles. The SMILES string of the molecule is CC(=O)c1nc2ccccc2n(C2C[C@H]3CCC[C@@H](C2)N3C2C[C@H]3CC(C4CCC4)C[C@@H](C2)C3)c1=O. The van der Waals surface area contributed by atoms with Crippen molar-refractivity contribution in [2.24, 2.45) is 23.7 Å². The fourth-order valence-electron chi connectivity index (χ4n) is 9.35. The number of carbonyl (C=O) groups is 1. The third-order valence-corrected chi connectivity index (χ3v) is 10.9. The van der Waals surface area contributed by atoms with E-state index in [1.165, 1.54) is 77.6 Å². The third-order valence-electron chi connectivity index (χ3n) is 10.9. The van der Waals surface area contributed by atoms with Gasteiger partial charge in [-0.25, -0.2) is 4.98 Å². The summed E-state index contributed by atoms with van der Waals surface area (Å²) in [6.45, 7) is 1.47. The fraction of sp³-hybridized carbons (Fsp3) is 0.710. The Kier molecular flexibility index (Phi) is 5.83. The van der Waals surface area contributed by atoms with Crippen molar-refractivity contribution in [2.45, 2.75) is 115 Å². The van der Waals surface area contributed by atoms with Gasteiger partial charge in [0.1, 0.15) is 0 Å². The largest absolute Gasteiger partial charge is 0.302 e. The van der Waals surface area contributed by atoms with E-state index in [4.69, 9.17) is 0 Å². The van der Waals surface area contributed by atoms with Gasteiger partial charge in [0.05, 0.1) is 11.0 Å². The summed E-state index contributed by atoms with van der Waals surface area (Å²) >= 11 is 0. The van der Waals surface area contributed by atoms with Gasteiger partial charge in [0.15, 0.2) is 11.5 Å². The van der Waals surface area contributed by atoms with Crippen LogP contribution in [0, 0.1) is 23.7 Å². The summed E-state index contributed by atoms with van der Waals surface area (Å²) in [4.78, 5) is 33.3. The van der Waals surface area contributed by atoms with Gasteiger partial charge in [-0.2, -0.15) is 0 Å². The molecule has 2 aromatic rings. The Labute approximate surface area is 214 Å². The van der Waals surface area contributed by atoms with Gasteiger partial charge in [0, 0.05) is 31.1 Å². The van der Waals surface area contributed by atoms with Crippen molar-refractivity contribution in [1.82, 2.24) is 14.5 Å². The van der Waals surface area contributed by atoms with Crippen LogP contribution < -0.4 is 5.56 Å². The van der Waals surface area contributed by atoms with Crippen LogP contribution >= 0.6 is 0 Å². The van der Waals surface area contributed by atoms with Gasteiger partial charge in [-0.1, -0.05) is 37.8 Å². The average molecular weight is 488 g/mol. The Morgan fingerprint density at radius 2 is 1.44 bits per heavy atom. The number of hydrogen-bond acceptors (Lipinski definition) is 4. The number of nitrogens with zero attached hydrogens (tertiary/aromatic N) is 3. The highest BCUT2D eigenvalue weighted by molar-refractivity contribution is 5.93. The second-order valence-corrected chi connectivity index (χ2v) is 13.0. The first-order valence-corrected chi connectivity index (χ1v) is 14.8. The van der Waals surface area contributed by atoms with Crippen molar-refractivity contribution in [3.8, 4) is 0 Å². The molecule has 0 amide bonds. The molecular formula is C31H41N3O2. The number of aromatic nitrogens is 2. The van der Waals surface area contributed by atoms with Crippen LogP contribution in [0.15, 0.2) is 29.1 Å². The molecule has 3 heterocycles. The second kappa shape index (κ2) is 9.08. The lowest BCUT2D eigenvalue weighted by Crippen LogP contribution is -2.59. The molecule has 36 heavy (non-hydrogen) atoms. The lowest BCUT2D eigenvalue weighted by atomic mass is 9.60. The molecule has 5 fully saturated rings. The number of carbonyl (C=O) groups excluding carboxylic acids is 1. The molecular weight excluding hydrogens is 446 g/mol. The normalized spacial score (nSPS) is 37.0. The molecule has 2 saturated heterocycles. The van der Waals surface area contributed by atoms with E-state index in [1.54, 1.807) is 0 Å². The topological polar surface area (TPSA) is 55.2 Å². The molecule has 5 heteroatoms. The molecule has 0 radical (unpaired) electrons. The summed E-state index contributed by atoms with van der Waals surface area (Å²) in [6.07, 6.45) is 17.6. The number of hydrogen-bond donors (Lipinski definition) is 0. The molecule has 5 aliphatic rings. The lowest BCUT2D eigenvalue weighted by Gasteiger charge is -2.56. The highest BCUT2D eigenvalue weighted by Crippen LogP contribution is 2.52. The van der Waals surface area contributed by atoms with E-state index in [2.05, 4.69) is 9.88 Å². The third kappa shape index (κ3) is 3.88. The standard InChI is InChI=1S/C31H41N3O2/c1-19(35)30-31(36)34(29-11-3-2-10-28(29)32-30)27-17-24-8-5-9-25(18-27)33(24)26-15-20-12-21(16-26)14-23(13-20)22-6-4-7-22/h2-3,10-11,20-27H,4-9,12-18H2,1H3/t20-,21+,23?,24-,25+,26?,27?. The monoisotopic (exact) mass is 487 g/mol. The Balaban J connectivity index is 1.15. The summed E-state index contributed by atoms with van der Waals surface area (Å²) in [7, 11) is 0. The number of para-hydroxylation sites is 2. The molecule has 0 spiro atoms. The quantitative estimate of drug-likeness (QED) is 0.485. The predicted molar refractivity (Wildman–Crippen MR) is 142 cm³/mol. The zero-order valence-electron chi connectivity index (χ0n) is 21.8. The summed E-state index contributed by atoms with van der Waals surface area (Å²) < 4.78 is 1.96. The van der Waals surface area contributed by atoms with Crippen molar-refractivity contribution >= 4 is 16.8 Å². The number of ketones is 1. The maximum atomic E-state index is 13.5. The minimum absolute atomic E-state index is 0.0995. The van der Waals surface area contributed by atoms with E-state index in [9.17, 15) is 9.59 Å². The van der Waals surface area contributed by atoms with Crippen LogP contribution in [-0.4, -0.2) is 38.4 Å². The Morgan fingerprint density at radius 1 is 0.778 bits per heavy atom. The summed E-state index contributed by atoms with van der Waals surface area (Å²) in [5.74, 6) is 3.73. The van der Waals surface area contributed by atoms with E-state index in [-0.39, 0.29) is 23.1 Å². The van der Waals surface area contributed by atoms with Crippen LogP contribution in [0.5, 0.6) is 0 Å². The summed E-state index contributed by atoms with van der Waals surface area (Å²) in [6, 6.07) is 9.90. The second-order valence-electron chi connectivity index (χ2n) is 13.0. The van der Waals surface area contributed by atoms with Crippen LogP contribution in [-0.2, 0) is 0 Å². The molecule has 2 aliphatic heterocycles. The first-order valence-electron chi connectivity index (χ1n) is 14.8. The molecule has 3 aliphatic carbocycles. The predicted octanol–water partition coefficient (Wildman–Crippen LogP) is 6.15. The number of benzene rings is 1. The van der Waals surface area contributed by atoms with Crippen molar-refractivity contribution in [1.29, 1.82) is 0 Å². The Hall–Kier alpha value is -2.01. The summed E-state index contributed by atoms with van der Waals surface area (Å²) in [5, 5.41) is 0. The van der Waals surface area contributed by atoms with Crippen molar-refractivity contribution in [3.05, 3.63) is 40.3 Å². The van der Waals surface area contributed by atoms with Gasteiger partial charge in [-0.05, 0) is 93.6 Å². The average Bonchev–Trinajstić information content (AvgIpc) is 2.81. The van der Waals surface area contributed by atoms with Crippen molar-refractivity contribution in [3.63, 3.8) is 0 Å². The van der Waals surface area contributed by atoms with Crippen LogP contribution in [0.4, 0.5) is 0 Å². The maximum absolute atomic E-state index is 13.5. The van der Waals surface area contributed by atoms with Gasteiger partial charge in [0.2, 0.25) is 0 Å². The van der Waals surface area contributed by atoms with Crippen LogP contribution in [0.25, 0.3) is 11.0 Å². The zero-order chi connectivity index (χ0) is 24.4. The molecule has 1 aromatic heterocycles. The van der Waals surface area contributed by atoms with Crippen molar-refractivity contribution < 1.29 is 4.79 Å². The zero-order valence-corrected chi connectivity index (χ0v) is 21.8. The molecule has 4 bridgehead atoms. The van der Waals surface area contributed by atoms with Gasteiger partial charge >= 0.3 is 0 Å². The number of fused-ring (bicyclic) bond motifs is 5. The van der Waals surface area contributed by atoms with Crippen molar-refractivity contribution in [2.75, 3.05) is 0 Å². The van der Waals surface area contributed by atoms with E-state index >= 15 is 0 Å². The highest BCUT2D eigenvalue weighted by Gasteiger charge is 2.47. The number of piperidine rings is 2. The van der Waals surface area contributed by atoms with Crippen LogP contribution in [0.3, 0.4) is 0 Å². The summed E-state index contributed by atoms with van der Waals surface area (Å²) in [5.41, 5.74) is 1.56. The molecule has 7 rings (SSSR count). The molecule has 3 unspecified atom stereocenters. The van der Waals surface area contributed by atoms with E-state index in [0.29, 0.717) is 12.1 Å². The van der Waals surface area contributed by atoms with Gasteiger partial charge in [-0.15, -0.1) is 0 Å². The molecule has 5 nitrogen and oxygen atoms in total. The first-order chi connectivity index (χ1) is 17.5. The Morgan fingerprint density at radius 3 is 2.08 bits per heavy atom. The number of Topliss-reactive ketones (excluding diaryl/α,β-unsaturated/α-hetero) is 1. The van der Waals surface area contributed by atoms with Crippen LogP contribution in [0.1, 0.15) is 107 Å².